The third kappa shape index (κ3) is 5.52. The van der Waals surface area contributed by atoms with Crippen LogP contribution in [-0.4, -0.2) is 23.3 Å². The van der Waals surface area contributed by atoms with Crippen molar-refractivity contribution in [2.24, 2.45) is 0 Å². The summed E-state index contributed by atoms with van der Waals surface area (Å²) in [5, 5.41) is 21.7. The average Bonchev–Trinajstić information content (AvgIpc) is 4.10. The lowest BCUT2D eigenvalue weighted by atomic mass is 9.94. The van der Waals surface area contributed by atoms with Gasteiger partial charge in [-0.3, -0.25) is 4.98 Å². The number of nitrogens with zero attached hydrogens (tertiary/aromatic N) is 6. The van der Waals surface area contributed by atoms with Crippen LogP contribution < -0.4 is 0 Å². The van der Waals surface area contributed by atoms with Gasteiger partial charge in [-0.15, -0.1) is 0 Å². The zero-order chi connectivity index (χ0) is 46.9. The standard InChI is InChI=1S/C64H44N6/c1-38-23-27-56-47(32-38)43-15-5-9-19-52(43)67(56)61-51(36-65)62(68-53-20-10-6-16-44(53)48-33-39(2)24-28-57(48)68)64(70-55-22-12-8-18-46(55)50-35-41(4)26-30-59(50)70)63(60(61)42-14-13-31-66-37-42)69-54-21-11-7-17-45(54)49-34-40(3)25-29-58(49)69/h5-35,37H,1-4H3. The van der Waals surface area contributed by atoms with Crippen LogP contribution in [-0.2, 0) is 0 Å². The Morgan fingerprint density at radius 2 is 0.686 bits per heavy atom. The first kappa shape index (κ1) is 39.9. The molecule has 6 heteroatoms. The molecule has 0 atom stereocenters. The van der Waals surface area contributed by atoms with Crippen LogP contribution in [0.25, 0.3) is 121 Å². The molecule has 70 heavy (non-hydrogen) atoms. The Kier molecular flexibility index (Phi) is 8.51. The van der Waals surface area contributed by atoms with Crippen LogP contribution >= 0.6 is 0 Å². The molecule has 0 unspecified atom stereocenters. The highest BCUT2D eigenvalue weighted by atomic mass is 15.1. The number of fused-ring (bicyclic) bond motifs is 12. The van der Waals surface area contributed by atoms with Gasteiger partial charge in [0, 0.05) is 66.6 Å². The number of hydrogen-bond donors (Lipinski definition) is 0. The molecule has 0 saturated heterocycles. The second-order valence-electron chi connectivity index (χ2n) is 19.0. The van der Waals surface area contributed by atoms with Gasteiger partial charge in [-0.2, -0.15) is 5.26 Å². The third-order valence-electron chi connectivity index (χ3n) is 14.7. The Balaban J connectivity index is 1.37. The van der Waals surface area contributed by atoms with Gasteiger partial charge in [0.15, 0.2) is 0 Å². The molecule has 0 bridgehead atoms. The molecule has 0 N–H and O–H groups in total. The number of para-hydroxylation sites is 4. The fourth-order valence-electron chi connectivity index (χ4n) is 11.8. The molecule has 0 fully saturated rings. The quantitative estimate of drug-likeness (QED) is 0.173. The normalized spacial score (nSPS) is 12.0. The minimum absolute atomic E-state index is 0.540. The summed E-state index contributed by atoms with van der Waals surface area (Å²) in [6.45, 7) is 8.65. The van der Waals surface area contributed by atoms with Crippen molar-refractivity contribution >= 4 is 87.2 Å². The predicted molar refractivity (Wildman–Crippen MR) is 291 cm³/mol. The average molecular weight is 897 g/mol. The Morgan fingerprint density at radius 1 is 0.343 bits per heavy atom. The van der Waals surface area contributed by atoms with Gasteiger partial charge in [-0.05, 0) is 107 Å². The van der Waals surface area contributed by atoms with E-state index in [2.05, 4.69) is 228 Å². The molecule has 0 radical (unpaired) electrons. The maximum absolute atomic E-state index is 12.6. The first-order valence-electron chi connectivity index (χ1n) is 23.9. The first-order valence-corrected chi connectivity index (χ1v) is 23.9. The van der Waals surface area contributed by atoms with Gasteiger partial charge in [0.25, 0.3) is 0 Å². The van der Waals surface area contributed by atoms with Crippen molar-refractivity contribution in [3.05, 3.63) is 222 Å². The Hall–Kier alpha value is -9.18. The molecule has 0 spiro atoms. The third-order valence-corrected chi connectivity index (χ3v) is 14.7. The molecule has 5 heterocycles. The molecule has 14 aromatic rings. The van der Waals surface area contributed by atoms with Gasteiger partial charge in [0.1, 0.15) is 11.6 Å². The van der Waals surface area contributed by atoms with Crippen molar-refractivity contribution in [2.75, 3.05) is 0 Å². The fourth-order valence-corrected chi connectivity index (χ4v) is 11.8. The van der Waals surface area contributed by atoms with Crippen LogP contribution in [0.1, 0.15) is 27.8 Å². The number of hydrogen-bond acceptors (Lipinski definition) is 2. The van der Waals surface area contributed by atoms with E-state index in [1.807, 2.05) is 18.5 Å². The van der Waals surface area contributed by atoms with Gasteiger partial charge in [0.2, 0.25) is 0 Å². The van der Waals surface area contributed by atoms with Crippen LogP contribution in [0.2, 0.25) is 0 Å². The largest absolute Gasteiger partial charge is 0.307 e. The van der Waals surface area contributed by atoms with Crippen molar-refractivity contribution in [1.29, 1.82) is 5.26 Å². The molecule has 0 amide bonds. The van der Waals surface area contributed by atoms with E-state index in [-0.39, 0.29) is 0 Å². The lowest BCUT2D eigenvalue weighted by Crippen LogP contribution is -2.16. The van der Waals surface area contributed by atoms with Crippen molar-refractivity contribution in [3.8, 4) is 39.9 Å². The number of benzene rings is 9. The summed E-state index contributed by atoms with van der Waals surface area (Å²) in [4.78, 5) is 4.88. The summed E-state index contributed by atoms with van der Waals surface area (Å²) >= 11 is 0. The molecule has 0 aliphatic carbocycles. The first-order chi connectivity index (χ1) is 34.4. The lowest BCUT2D eigenvalue weighted by Gasteiger charge is -2.29. The van der Waals surface area contributed by atoms with E-state index >= 15 is 0 Å². The van der Waals surface area contributed by atoms with E-state index < -0.39 is 0 Å². The lowest BCUT2D eigenvalue weighted by molar-refractivity contribution is 1.03. The van der Waals surface area contributed by atoms with E-state index in [1.54, 1.807) is 0 Å². The summed E-state index contributed by atoms with van der Waals surface area (Å²) in [6, 6.07) is 69.1. The van der Waals surface area contributed by atoms with Crippen LogP contribution in [0, 0.1) is 39.0 Å². The SMILES string of the molecule is Cc1ccc2c(c1)c1ccccc1n2-c1c(C#N)c(-n2c3ccccc3c3cc(C)ccc32)c(-n2c3ccccc3c3cc(C)ccc32)c(-n2c3ccccc3c3cc(C)ccc32)c1-c1cccnc1. The van der Waals surface area contributed by atoms with Crippen LogP contribution in [0.3, 0.4) is 0 Å². The van der Waals surface area contributed by atoms with E-state index in [9.17, 15) is 5.26 Å². The molecule has 9 aromatic carbocycles. The van der Waals surface area contributed by atoms with Crippen LogP contribution in [0.15, 0.2) is 194 Å². The highest BCUT2D eigenvalue weighted by Gasteiger charge is 2.35. The number of pyridine rings is 1. The Labute approximate surface area is 403 Å². The minimum atomic E-state index is 0.540. The topological polar surface area (TPSA) is 56.4 Å². The van der Waals surface area contributed by atoms with Crippen molar-refractivity contribution in [3.63, 3.8) is 0 Å². The van der Waals surface area contributed by atoms with Crippen LogP contribution in [0.5, 0.6) is 0 Å². The monoisotopic (exact) mass is 896 g/mol. The van der Waals surface area contributed by atoms with E-state index in [1.165, 1.54) is 22.3 Å². The Bertz CT molecular complexity index is 4590. The van der Waals surface area contributed by atoms with Crippen molar-refractivity contribution in [2.45, 2.75) is 27.7 Å². The maximum Gasteiger partial charge on any atom is 0.104 e. The number of aryl methyl sites for hydroxylation is 4. The second-order valence-corrected chi connectivity index (χ2v) is 19.0. The number of nitriles is 1. The zero-order valence-electron chi connectivity index (χ0n) is 39.2. The highest BCUT2D eigenvalue weighted by molar-refractivity contribution is 6.17. The molecular formula is C64H44N6. The van der Waals surface area contributed by atoms with E-state index in [4.69, 9.17) is 4.98 Å². The van der Waals surface area contributed by atoms with Crippen molar-refractivity contribution in [1.82, 2.24) is 23.3 Å². The Morgan fingerprint density at radius 3 is 1.06 bits per heavy atom. The summed E-state index contributed by atoms with van der Waals surface area (Å²) in [5.41, 5.74) is 18.7. The number of aromatic nitrogens is 5. The van der Waals surface area contributed by atoms with E-state index in [0.717, 1.165) is 121 Å². The molecule has 14 rings (SSSR count). The molecular weight excluding hydrogens is 853 g/mol. The zero-order valence-corrected chi connectivity index (χ0v) is 39.2. The van der Waals surface area contributed by atoms with Crippen molar-refractivity contribution < 1.29 is 0 Å². The molecule has 5 aromatic heterocycles. The summed E-state index contributed by atoms with van der Waals surface area (Å²) in [7, 11) is 0. The number of rotatable bonds is 5. The van der Waals surface area contributed by atoms with Gasteiger partial charge in [-0.1, -0.05) is 125 Å². The van der Waals surface area contributed by atoms with E-state index in [0.29, 0.717) is 5.56 Å². The van der Waals surface area contributed by atoms with Crippen LogP contribution in [0.4, 0.5) is 0 Å². The molecule has 330 valence electrons. The predicted octanol–water partition coefficient (Wildman–Crippen LogP) is 16.2. The molecule has 6 nitrogen and oxygen atoms in total. The van der Waals surface area contributed by atoms with Gasteiger partial charge in [-0.25, -0.2) is 0 Å². The summed E-state index contributed by atoms with van der Waals surface area (Å²) in [6.07, 6.45) is 3.81. The molecule has 0 aliphatic rings. The van der Waals surface area contributed by atoms with Gasteiger partial charge < -0.3 is 18.3 Å². The minimum Gasteiger partial charge on any atom is -0.307 e. The molecule has 0 aliphatic heterocycles. The molecule has 0 saturated carbocycles. The van der Waals surface area contributed by atoms with Gasteiger partial charge >= 0.3 is 0 Å². The maximum atomic E-state index is 12.6. The second kappa shape index (κ2) is 14.9. The fraction of sp³-hybridized carbons (Fsp3) is 0.0625. The summed E-state index contributed by atoms with van der Waals surface area (Å²) in [5.74, 6) is 0. The smallest absolute Gasteiger partial charge is 0.104 e. The van der Waals surface area contributed by atoms with Gasteiger partial charge in [0.05, 0.1) is 66.9 Å². The summed E-state index contributed by atoms with van der Waals surface area (Å²) < 4.78 is 9.70. The highest BCUT2D eigenvalue weighted by Crippen LogP contribution is 2.52.